The van der Waals surface area contributed by atoms with Crippen LogP contribution in [0.15, 0.2) is 69.9 Å². The molecule has 0 spiro atoms. The highest BCUT2D eigenvalue weighted by Gasteiger charge is 2.46. The van der Waals surface area contributed by atoms with Gasteiger partial charge in [0.15, 0.2) is 17.3 Å². The lowest BCUT2D eigenvalue weighted by Crippen LogP contribution is -2.43. The van der Waals surface area contributed by atoms with Crippen LogP contribution in [0.4, 0.5) is 0 Å². The number of carbonyl (C=O) groups is 1. The average molecular weight is 805 g/mol. The summed E-state index contributed by atoms with van der Waals surface area (Å²) in [5, 5.41) is 11.3. The number of aromatic hydroxyl groups is 1. The van der Waals surface area contributed by atoms with E-state index in [0.717, 1.165) is 5.56 Å². The zero-order chi connectivity index (χ0) is 42.0. The molecule has 0 bridgehead atoms. The van der Waals surface area contributed by atoms with Crippen LogP contribution in [0.2, 0.25) is 0 Å². The van der Waals surface area contributed by atoms with Gasteiger partial charge in [0.25, 0.3) is 0 Å². The molecule has 5 heterocycles. The van der Waals surface area contributed by atoms with E-state index in [1.54, 1.807) is 63.8 Å². The lowest BCUT2D eigenvalue weighted by molar-refractivity contribution is 0.0547. The first kappa shape index (κ1) is 39.1. The van der Waals surface area contributed by atoms with Gasteiger partial charge in [-0.2, -0.15) is 0 Å². The molecule has 0 saturated heterocycles. The van der Waals surface area contributed by atoms with Crippen LogP contribution in [0.5, 0.6) is 57.5 Å². The van der Waals surface area contributed by atoms with E-state index in [0.29, 0.717) is 85.0 Å². The fourth-order valence-electron chi connectivity index (χ4n) is 7.83. The van der Waals surface area contributed by atoms with E-state index < -0.39 is 28.8 Å². The highest BCUT2D eigenvalue weighted by Crippen LogP contribution is 2.52. The second kappa shape index (κ2) is 14.6. The number of hydrogen-bond acceptors (Lipinski definition) is 13. The second-order valence-electron chi connectivity index (χ2n) is 15.4. The van der Waals surface area contributed by atoms with Crippen LogP contribution in [0, 0.1) is 0 Å². The molecule has 2 atom stereocenters. The molecule has 5 aromatic rings. The number of ketones is 1. The van der Waals surface area contributed by atoms with Crippen molar-refractivity contribution in [3.8, 4) is 68.6 Å². The molecular formula is C46H44O13. The van der Waals surface area contributed by atoms with E-state index >= 15 is 0 Å². The van der Waals surface area contributed by atoms with E-state index in [-0.39, 0.29) is 23.7 Å². The standard InChI is InChI=1S/C23H22O7.C23H22O6/c1-23(2)6-5-11-15(30-23)8-13(24)20-21(25)19-12-7-16(26-3)17(27-4)9-14(12)28-10-18(19)29-22(11)20;1-23(2)11-10-15-16(29-23)12-17-19(20(15)26-4)21(27-5)18(22(24)28-17)13-6-8-14(25-3)9-7-13/h5-9,18-19,24H,10H2,1-4H3;6-12H,1-5H3. The number of methoxy groups -OCH3 is 5. The Kier molecular flexibility index (Phi) is 9.65. The topological polar surface area (TPSA) is 151 Å². The Morgan fingerprint density at radius 1 is 0.695 bits per heavy atom. The highest BCUT2D eigenvalue weighted by atomic mass is 16.5. The Morgan fingerprint density at radius 2 is 1.32 bits per heavy atom. The van der Waals surface area contributed by atoms with Crippen molar-refractivity contribution < 1.29 is 56.9 Å². The van der Waals surface area contributed by atoms with Crippen LogP contribution in [-0.4, -0.2) is 70.4 Å². The summed E-state index contributed by atoms with van der Waals surface area (Å²) < 4.78 is 57.1. The molecule has 1 aromatic heterocycles. The maximum absolute atomic E-state index is 13.6. The molecule has 0 saturated carbocycles. The molecule has 13 heteroatoms. The van der Waals surface area contributed by atoms with Gasteiger partial charge in [0, 0.05) is 23.8 Å². The maximum Gasteiger partial charge on any atom is 0.347 e. The predicted molar refractivity (Wildman–Crippen MR) is 220 cm³/mol. The van der Waals surface area contributed by atoms with Gasteiger partial charge in [-0.1, -0.05) is 12.1 Å². The molecule has 0 fully saturated rings. The van der Waals surface area contributed by atoms with Gasteiger partial charge < -0.3 is 52.2 Å². The predicted octanol–water partition coefficient (Wildman–Crippen LogP) is 8.38. The number of Topliss-reactive ketones (excluding diaryl/α,β-unsaturated/α-hetero) is 1. The summed E-state index contributed by atoms with van der Waals surface area (Å²) in [6.07, 6.45) is 7.14. The first-order chi connectivity index (χ1) is 28.2. The smallest absolute Gasteiger partial charge is 0.347 e. The Bertz CT molecular complexity index is 2630. The fourth-order valence-corrected chi connectivity index (χ4v) is 7.83. The Balaban J connectivity index is 0.000000164. The monoisotopic (exact) mass is 804 g/mol. The summed E-state index contributed by atoms with van der Waals surface area (Å²) in [6.45, 7) is 7.93. The van der Waals surface area contributed by atoms with Gasteiger partial charge in [0.1, 0.15) is 92.0 Å². The maximum atomic E-state index is 13.6. The average Bonchev–Trinajstić information content (AvgIpc) is 3.21. The zero-order valence-corrected chi connectivity index (χ0v) is 34.1. The minimum absolute atomic E-state index is 0.158. The molecule has 1 N–H and O–H groups in total. The normalized spacial score (nSPS) is 18.4. The van der Waals surface area contributed by atoms with Gasteiger partial charge in [-0.05, 0) is 75.8 Å². The van der Waals surface area contributed by atoms with Crippen LogP contribution in [0.1, 0.15) is 60.7 Å². The Morgan fingerprint density at radius 3 is 1.95 bits per heavy atom. The van der Waals surface area contributed by atoms with E-state index in [4.69, 9.17) is 47.0 Å². The largest absolute Gasteiger partial charge is 0.507 e. The zero-order valence-electron chi connectivity index (χ0n) is 34.1. The molecule has 9 rings (SSSR count). The van der Waals surface area contributed by atoms with E-state index in [9.17, 15) is 14.7 Å². The van der Waals surface area contributed by atoms with E-state index in [2.05, 4.69) is 0 Å². The van der Waals surface area contributed by atoms with Crippen molar-refractivity contribution in [1.82, 2.24) is 0 Å². The third kappa shape index (κ3) is 6.69. The molecule has 13 nitrogen and oxygen atoms in total. The number of phenolic OH excluding ortho intramolecular Hbond substituents is 1. The van der Waals surface area contributed by atoms with Crippen molar-refractivity contribution in [3.05, 3.63) is 93.4 Å². The van der Waals surface area contributed by atoms with Gasteiger partial charge >= 0.3 is 5.63 Å². The van der Waals surface area contributed by atoms with Crippen LogP contribution in [0.3, 0.4) is 0 Å². The highest BCUT2D eigenvalue weighted by molar-refractivity contribution is 6.08. The quantitative estimate of drug-likeness (QED) is 0.164. The molecule has 0 radical (unpaired) electrons. The lowest BCUT2D eigenvalue weighted by atomic mass is 9.80. The fraction of sp³-hybridized carbons (Fsp3) is 0.304. The van der Waals surface area contributed by atoms with Gasteiger partial charge in [-0.3, -0.25) is 4.79 Å². The number of benzene rings is 4. The number of fused-ring (bicyclic) bond motifs is 8. The third-order valence-corrected chi connectivity index (χ3v) is 10.6. The van der Waals surface area contributed by atoms with Crippen molar-refractivity contribution in [3.63, 3.8) is 0 Å². The van der Waals surface area contributed by atoms with Crippen LogP contribution in [0.25, 0.3) is 34.2 Å². The summed E-state index contributed by atoms with van der Waals surface area (Å²) >= 11 is 0. The number of carbonyl (C=O) groups excluding carboxylic acids is 1. The van der Waals surface area contributed by atoms with Gasteiger partial charge in [0.05, 0.1) is 52.6 Å². The minimum atomic E-state index is -0.630. The molecule has 306 valence electrons. The summed E-state index contributed by atoms with van der Waals surface area (Å²) in [7, 11) is 7.76. The first-order valence-electron chi connectivity index (χ1n) is 18.9. The molecule has 4 aliphatic rings. The molecule has 0 amide bonds. The molecule has 4 aliphatic heterocycles. The minimum Gasteiger partial charge on any atom is -0.507 e. The van der Waals surface area contributed by atoms with Crippen molar-refractivity contribution >= 4 is 28.9 Å². The Hall–Kier alpha value is -6.76. The van der Waals surface area contributed by atoms with Gasteiger partial charge in [0.2, 0.25) is 0 Å². The van der Waals surface area contributed by atoms with E-state index in [1.807, 2.05) is 52.0 Å². The van der Waals surface area contributed by atoms with Crippen molar-refractivity contribution in [2.45, 2.75) is 50.9 Å². The summed E-state index contributed by atoms with van der Waals surface area (Å²) in [4.78, 5) is 26.5. The van der Waals surface area contributed by atoms with Crippen molar-refractivity contribution in [2.75, 3.05) is 42.2 Å². The van der Waals surface area contributed by atoms with Gasteiger partial charge in [-0.25, -0.2) is 4.79 Å². The van der Waals surface area contributed by atoms with Gasteiger partial charge in [-0.15, -0.1) is 0 Å². The molecule has 59 heavy (non-hydrogen) atoms. The summed E-state index contributed by atoms with van der Waals surface area (Å²) in [5.74, 6) is 3.53. The first-order valence-corrected chi connectivity index (χ1v) is 18.9. The Labute approximate surface area is 340 Å². The second-order valence-corrected chi connectivity index (χ2v) is 15.4. The lowest BCUT2D eigenvalue weighted by Gasteiger charge is -2.39. The molecule has 4 aromatic carbocycles. The third-order valence-electron chi connectivity index (χ3n) is 10.6. The van der Waals surface area contributed by atoms with Crippen LogP contribution in [-0.2, 0) is 0 Å². The summed E-state index contributed by atoms with van der Waals surface area (Å²) in [6, 6.07) is 13.8. The van der Waals surface area contributed by atoms with Crippen LogP contribution < -0.4 is 48.3 Å². The number of rotatable bonds is 6. The summed E-state index contributed by atoms with van der Waals surface area (Å²) in [5.41, 5.74) is 2.04. The number of ether oxygens (including phenoxy) is 9. The van der Waals surface area contributed by atoms with Crippen molar-refractivity contribution in [2.24, 2.45) is 0 Å². The molecule has 2 unspecified atom stereocenters. The van der Waals surface area contributed by atoms with E-state index in [1.165, 1.54) is 20.3 Å². The van der Waals surface area contributed by atoms with Crippen molar-refractivity contribution in [1.29, 1.82) is 0 Å². The number of hydrogen-bond donors (Lipinski definition) is 1. The number of phenols is 1. The molecular weight excluding hydrogens is 760 g/mol. The molecule has 0 aliphatic carbocycles. The SMILES string of the molecule is COc1cc2c(cc1OC)C1C(=O)c3c(O)cc4c(c3OC1CO2)C=CC(C)(C)O4.COc1ccc(-c2c(OC)c3c(OC)c4c(cc3oc2=O)OC(C)(C)C=C4)cc1. The van der Waals surface area contributed by atoms with Crippen LogP contribution >= 0.6 is 0 Å².